The van der Waals surface area contributed by atoms with Gasteiger partial charge in [-0.3, -0.25) is 4.99 Å². The molecule has 0 fully saturated rings. The number of hydrogen-bond acceptors (Lipinski definition) is 1. The van der Waals surface area contributed by atoms with Gasteiger partial charge in [-0.25, -0.2) is 0 Å². The summed E-state index contributed by atoms with van der Waals surface area (Å²) < 4.78 is 0. The maximum atomic E-state index is 4.18. The second-order valence-electron chi connectivity index (χ2n) is 2.59. The van der Waals surface area contributed by atoms with E-state index in [-0.39, 0.29) is 0 Å². The van der Waals surface area contributed by atoms with E-state index in [9.17, 15) is 0 Å². The summed E-state index contributed by atoms with van der Waals surface area (Å²) in [5.74, 6) is 5.93. The smallest absolute Gasteiger partial charge is 0.0997 e. The minimum absolute atomic E-state index is 0.600. The lowest BCUT2D eigenvalue weighted by atomic mass is 10.2. The van der Waals surface area contributed by atoms with Gasteiger partial charge < -0.3 is 0 Å². The van der Waals surface area contributed by atoms with Crippen LogP contribution in [0.25, 0.3) is 0 Å². The Morgan fingerprint density at radius 1 is 1.23 bits per heavy atom. The van der Waals surface area contributed by atoms with Crippen LogP contribution in [0.3, 0.4) is 0 Å². The second kappa shape index (κ2) is 6.02. The Kier molecular flexibility index (Phi) is 4.42. The Morgan fingerprint density at radius 2 is 2.00 bits per heavy atom. The molecule has 0 bridgehead atoms. The summed E-state index contributed by atoms with van der Waals surface area (Å²) in [6.45, 7) is 2.64. The van der Waals surface area contributed by atoms with Crippen LogP contribution < -0.4 is 0 Å². The minimum Gasteiger partial charge on any atom is -0.280 e. The fourth-order valence-corrected chi connectivity index (χ4v) is 0.917. The molecule has 0 radical (unpaired) electrons. The van der Waals surface area contributed by atoms with Gasteiger partial charge in [-0.1, -0.05) is 43.2 Å². The van der Waals surface area contributed by atoms with Crippen molar-refractivity contribution in [3.8, 4) is 11.8 Å². The first-order valence-electron chi connectivity index (χ1n) is 4.44. The van der Waals surface area contributed by atoms with Crippen molar-refractivity contribution in [2.75, 3.05) is 6.54 Å². The molecule has 0 saturated heterocycles. The van der Waals surface area contributed by atoms with E-state index in [0.717, 1.165) is 12.0 Å². The molecule has 0 saturated carbocycles. The van der Waals surface area contributed by atoms with Gasteiger partial charge in [-0.05, 0) is 5.56 Å². The first-order chi connectivity index (χ1) is 6.43. The predicted molar refractivity (Wildman–Crippen MR) is 57.0 cm³/mol. The molecule has 0 aromatic heterocycles. The number of aliphatic imine (C=N–C) groups is 1. The topological polar surface area (TPSA) is 12.4 Å². The second-order valence-corrected chi connectivity index (χ2v) is 2.59. The normalized spacial score (nSPS) is 9.62. The molecule has 0 aliphatic rings. The average molecular weight is 171 g/mol. The SMILES string of the molecule is CCC#CC/N=C/c1ccccc1. The Labute approximate surface area is 79.5 Å². The molecule has 0 N–H and O–H groups in total. The molecule has 0 aliphatic heterocycles. The van der Waals surface area contributed by atoms with Gasteiger partial charge in [0.05, 0.1) is 6.54 Å². The lowest BCUT2D eigenvalue weighted by molar-refractivity contribution is 1.25. The molecule has 1 heteroatoms. The molecular weight excluding hydrogens is 158 g/mol. The number of nitrogens with zero attached hydrogens (tertiary/aromatic N) is 1. The maximum Gasteiger partial charge on any atom is 0.0997 e. The highest BCUT2D eigenvalue weighted by molar-refractivity contribution is 5.79. The Hall–Kier alpha value is -1.55. The van der Waals surface area contributed by atoms with E-state index in [1.165, 1.54) is 0 Å². The van der Waals surface area contributed by atoms with Gasteiger partial charge >= 0.3 is 0 Å². The van der Waals surface area contributed by atoms with Gasteiger partial charge in [0.25, 0.3) is 0 Å². The zero-order valence-electron chi connectivity index (χ0n) is 7.83. The first kappa shape index (κ1) is 9.54. The maximum absolute atomic E-state index is 4.18. The number of rotatable bonds is 2. The molecule has 0 heterocycles. The summed E-state index contributed by atoms with van der Waals surface area (Å²) in [7, 11) is 0. The molecule has 1 nitrogen and oxygen atoms in total. The summed E-state index contributed by atoms with van der Waals surface area (Å²) in [5, 5.41) is 0. The lowest BCUT2D eigenvalue weighted by Gasteiger charge is -1.88. The standard InChI is InChI=1S/C12H13N/c1-2-3-7-10-13-11-12-8-5-4-6-9-12/h4-6,8-9,11H,2,10H2,1H3/b13-11+. The average Bonchev–Trinajstić information content (AvgIpc) is 2.19. The molecule has 1 aromatic rings. The van der Waals surface area contributed by atoms with Crippen molar-refractivity contribution in [3.05, 3.63) is 35.9 Å². The van der Waals surface area contributed by atoms with Crippen molar-refractivity contribution in [2.45, 2.75) is 13.3 Å². The third kappa shape index (κ3) is 4.12. The molecule has 1 rings (SSSR count). The fraction of sp³-hybridized carbons (Fsp3) is 0.250. The van der Waals surface area contributed by atoms with Crippen LogP contribution in [0.15, 0.2) is 35.3 Å². The van der Waals surface area contributed by atoms with E-state index in [4.69, 9.17) is 0 Å². The van der Waals surface area contributed by atoms with Gasteiger partial charge in [0.15, 0.2) is 0 Å². The summed E-state index contributed by atoms with van der Waals surface area (Å²) in [6.07, 6.45) is 2.76. The quantitative estimate of drug-likeness (QED) is 0.479. The van der Waals surface area contributed by atoms with Gasteiger partial charge in [0, 0.05) is 12.6 Å². The molecule has 66 valence electrons. The Morgan fingerprint density at radius 3 is 2.69 bits per heavy atom. The molecule has 0 unspecified atom stereocenters. The highest BCUT2D eigenvalue weighted by Crippen LogP contribution is 1.93. The zero-order valence-corrected chi connectivity index (χ0v) is 7.83. The van der Waals surface area contributed by atoms with Crippen LogP contribution >= 0.6 is 0 Å². The molecule has 1 aromatic carbocycles. The van der Waals surface area contributed by atoms with E-state index in [2.05, 4.69) is 16.8 Å². The van der Waals surface area contributed by atoms with E-state index in [1.807, 2.05) is 43.5 Å². The van der Waals surface area contributed by atoms with Crippen molar-refractivity contribution >= 4 is 6.21 Å². The van der Waals surface area contributed by atoms with E-state index in [0.29, 0.717) is 6.54 Å². The number of hydrogen-bond donors (Lipinski definition) is 0. The fourth-order valence-electron chi connectivity index (χ4n) is 0.917. The van der Waals surface area contributed by atoms with Gasteiger partial charge in [0.1, 0.15) is 0 Å². The Bertz CT molecular complexity index is 314. The predicted octanol–water partition coefficient (Wildman–Crippen LogP) is 2.52. The minimum atomic E-state index is 0.600. The van der Waals surface area contributed by atoms with Crippen molar-refractivity contribution in [3.63, 3.8) is 0 Å². The van der Waals surface area contributed by atoms with E-state index < -0.39 is 0 Å². The molecule has 13 heavy (non-hydrogen) atoms. The van der Waals surface area contributed by atoms with E-state index >= 15 is 0 Å². The van der Waals surface area contributed by atoms with Crippen LogP contribution in [0.1, 0.15) is 18.9 Å². The molecular formula is C12H13N. The first-order valence-corrected chi connectivity index (χ1v) is 4.44. The monoisotopic (exact) mass is 171 g/mol. The molecule has 0 atom stereocenters. The van der Waals surface area contributed by atoms with Crippen LogP contribution in [0.5, 0.6) is 0 Å². The molecule has 0 amide bonds. The van der Waals surface area contributed by atoms with Gasteiger partial charge in [-0.2, -0.15) is 0 Å². The summed E-state index contributed by atoms with van der Waals surface area (Å²) in [4.78, 5) is 4.18. The third-order valence-corrected chi connectivity index (χ3v) is 1.51. The summed E-state index contributed by atoms with van der Waals surface area (Å²) >= 11 is 0. The highest BCUT2D eigenvalue weighted by Gasteiger charge is 1.80. The van der Waals surface area contributed by atoms with Crippen molar-refractivity contribution < 1.29 is 0 Å². The van der Waals surface area contributed by atoms with Crippen molar-refractivity contribution in [2.24, 2.45) is 4.99 Å². The van der Waals surface area contributed by atoms with Crippen LogP contribution in [-0.2, 0) is 0 Å². The highest BCUT2D eigenvalue weighted by atomic mass is 14.7. The van der Waals surface area contributed by atoms with Crippen molar-refractivity contribution in [1.82, 2.24) is 0 Å². The third-order valence-electron chi connectivity index (χ3n) is 1.51. The van der Waals surface area contributed by atoms with Crippen LogP contribution in [0.4, 0.5) is 0 Å². The summed E-state index contributed by atoms with van der Waals surface area (Å²) in [6, 6.07) is 10.0. The Balaban J connectivity index is 2.41. The van der Waals surface area contributed by atoms with Gasteiger partial charge in [-0.15, -0.1) is 5.92 Å². The largest absolute Gasteiger partial charge is 0.280 e. The van der Waals surface area contributed by atoms with Crippen molar-refractivity contribution in [1.29, 1.82) is 0 Å². The van der Waals surface area contributed by atoms with Crippen LogP contribution in [-0.4, -0.2) is 12.8 Å². The molecule has 0 aliphatic carbocycles. The van der Waals surface area contributed by atoms with Crippen LogP contribution in [0.2, 0.25) is 0 Å². The van der Waals surface area contributed by atoms with Crippen LogP contribution in [0, 0.1) is 11.8 Å². The summed E-state index contributed by atoms with van der Waals surface area (Å²) in [5.41, 5.74) is 1.13. The number of benzene rings is 1. The zero-order chi connectivity index (χ0) is 9.36. The van der Waals surface area contributed by atoms with E-state index in [1.54, 1.807) is 0 Å². The molecule has 0 spiro atoms. The van der Waals surface area contributed by atoms with Gasteiger partial charge in [0.2, 0.25) is 0 Å². The lowest BCUT2D eigenvalue weighted by Crippen LogP contribution is -1.80.